The van der Waals surface area contributed by atoms with E-state index in [-0.39, 0.29) is 43.2 Å². The normalized spacial score (nSPS) is 19.0. The Labute approximate surface area is 170 Å². The number of hydrogen-bond donors (Lipinski definition) is 3. The third kappa shape index (κ3) is 6.67. The summed E-state index contributed by atoms with van der Waals surface area (Å²) in [5, 5.41) is 20.5. The Balaban J connectivity index is 2.06. The molecule has 29 heavy (non-hydrogen) atoms. The van der Waals surface area contributed by atoms with E-state index in [4.69, 9.17) is 10.1 Å². The summed E-state index contributed by atoms with van der Waals surface area (Å²) < 4.78 is 5.01. The molecular weight excluding hydrogens is 374 g/mol. The monoisotopic (exact) mass is 403 g/mol. The van der Waals surface area contributed by atoms with Crippen molar-refractivity contribution in [2.45, 2.75) is 51.7 Å². The van der Waals surface area contributed by atoms with Crippen LogP contribution in [0.2, 0.25) is 0 Å². The number of carbonyl (C=O) groups is 3. The molecule has 0 aromatic heterocycles. The van der Waals surface area contributed by atoms with Gasteiger partial charge in [-0.3, -0.25) is 15.5 Å². The number of amidine groups is 1. The molecule has 0 aliphatic carbocycles. The van der Waals surface area contributed by atoms with Crippen LogP contribution in [0.3, 0.4) is 0 Å². The fourth-order valence-electron chi connectivity index (χ4n) is 3.21. The number of piperidine rings is 1. The van der Waals surface area contributed by atoms with Crippen LogP contribution >= 0.6 is 0 Å². The van der Waals surface area contributed by atoms with Gasteiger partial charge in [0.25, 0.3) is 0 Å². The highest BCUT2D eigenvalue weighted by atomic mass is 16.5. The molecular formula is C21H29N3O5. The first-order chi connectivity index (χ1) is 13.8. The van der Waals surface area contributed by atoms with Gasteiger partial charge in [0, 0.05) is 24.9 Å². The average molecular weight is 403 g/mol. The molecule has 0 spiro atoms. The zero-order valence-electron chi connectivity index (χ0n) is 16.9. The zero-order valence-corrected chi connectivity index (χ0v) is 16.9. The number of carbonyl (C=O) groups excluding carboxylic acids is 3. The Morgan fingerprint density at radius 3 is 2.66 bits per heavy atom. The standard InChI is InChI=1S/C21H29N3O5/c1-14(2)13-29-21(28)23-20(22)16-7-5-15(6-8-16)18-12-17(26)9-10-24(18)19(27)4-3-11-25/h5-8,11,14,17-18,26H,3-4,9-10,12-13H2,1-2H3,(H2,22,23,28). The summed E-state index contributed by atoms with van der Waals surface area (Å²) >= 11 is 0. The van der Waals surface area contributed by atoms with E-state index in [2.05, 4.69) is 5.32 Å². The quantitative estimate of drug-likeness (QED) is 0.367. The van der Waals surface area contributed by atoms with E-state index >= 15 is 0 Å². The Hall–Kier alpha value is -2.74. The van der Waals surface area contributed by atoms with Gasteiger partial charge in [-0.1, -0.05) is 38.1 Å². The third-order valence-electron chi connectivity index (χ3n) is 4.73. The number of aliphatic hydroxyl groups is 1. The van der Waals surface area contributed by atoms with Crippen LogP contribution in [0.15, 0.2) is 24.3 Å². The number of alkyl carbamates (subject to hydrolysis) is 1. The maximum Gasteiger partial charge on any atom is 0.412 e. The second-order valence-corrected chi connectivity index (χ2v) is 7.60. The first-order valence-corrected chi connectivity index (χ1v) is 9.85. The molecule has 158 valence electrons. The van der Waals surface area contributed by atoms with Crippen molar-refractivity contribution in [1.29, 1.82) is 5.41 Å². The van der Waals surface area contributed by atoms with E-state index in [1.54, 1.807) is 29.2 Å². The van der Waals surface area contributed by atoms with Crippen molar-refractivity contribution in [2.24, 2.45) is 5.92 Å². The number of amides is 2. The highest BCUT2D eigenvalue weighted by molar-refractivity contribution is 6.04. The molecule has 2 amide bonds. The molecule has 1 aromatic rings. The summed E-state index contributed by atoms with van der Waals surface area (Å²) in [6.45, 7) is 4.55. The number of benzene rings is 1. The maximum absolute atomic E-state index is 12.4. The molecule has 1 saturated heterocycles. The molecule has 8 heteroatoms. The third-order valence-corrected chi connectivity index (χ3v) is 4.73. The van der Waals surface area contributed by atoms with E-state index in [1.165, 1.54) is 0 Å². The highest BCUT2D eigenvalue weighted by Crippen LogP contribution is 2.32. The predicted octanol–water partition coefficient (Wildman–Crippen LogP) is 2.40. The number of aliphatic hydroxyl groups excluding tert-OH is 1. The minimum atomic E-state index is -0.671. The van der Waals surface area contributed by atoms with Crippen LogP contribution in [0.5, 0.6) is 0 Å². The largest absolute Gasteiger partial charge is 0.449 e. The van der Waals surface area contributed by atoms with Gasteiger partial charge in [0.15, 0.2) is 0 Å². The number of hydrogen-bond acceptors (Lipinski definition) is 6. The van der Waals surface area contributed by atoms with Gasteiger partial charge in [0.1, 0.15) is 12.1 Å². The van der Waals surface area contributed by atoms with E-state index in [9.17, 15) is 19.5 Å². The van der Waals surface area contributed by atoms with Gasteiger partial charge in [0.2, 0.25) is 5.91 Å². The van der Waals surface area contributed by atoms with Crippen LogP contribution in [0.4, 0.5) is 4.79 Å². The predicted molar refractivity (Wildman–Crippen MR) is 108 cm³/mol. The van der Waals surface area contributed by atoms with Crippen LogP contribution in [0, 0.1) is 11.3 Å². The number of aldehydes is 1. The Morgan fingerprint density at radius 2 is 2.03 bits per heavy atom. The number of likely N-dealkylation sites (tertiary alicyclic amines) is 1. The molecule has 8 nitrogen and oxygen atoms in total. The van der Waals surface area contributed by atoms with Crippen LogP contribution in [0.1, 0.15) is 56.7 Å². The highest BCUT2D eigenvalue weighted by Gasteiger charge is 2.31. The fraction of sp³-hybridized carbons (Fsp3) is 0.524. The van der Waals surface area contributed by atoms with Gasteiger partial charge in [0.05, 0.1) is 18.8 Å². The van der Waals surface area contributed by atoms with Crippen molar-refractivity contribution in [3.8, 4) is 0 Å². The number of nitrogens with zero attached hydrogens (tertiary/aromatic N) is 1. The smallest absolute Gasteiger partial charge is 0.412 e. The topological polar surface area (TPSA) is 120 Å². The van der Waals surface area contributed by atoms with Crippen molar-refractivity contribution < 1.29 is 24.2 Å². The Kier molecular flexibility index (Phi) is 8.33. The summed E-state index contributed by atoms with van der Waals surface area (Å²) in [4.78, 5) is 36.4. The number of nitrogens with one attached hydrogen (secondary N) is 2. The van der Waals surface area contributed by atoms with Gasteiger partial charge in [-0.05, 0) is 24.3 Å². The lowest BCUT2D eigenvalue weighted by Crippen LogP contribution is -2.42. The first-order valence-electron chi connectivity index (χ1n) is 9.85. The molecule has 0 bridgehead atoms. The van der Waals surface area contributed by atoms with Crippen LogP contribution in [-0.4, -0.2) is 53.4 Å². The molecule has 1 aliphatic heterocycles. The molecule has 0 saturated carbocycles. The van der Waals surface area contributed by atoms with E-state index < -0.39 is 12.2 Å². The average Bonchev–Trinajstić information content (AvgIpc) is 2.70. The second kappa shape index (κ2) is 10.7. The van der Waals surface area contributed by atoms with Crippen molar-refractivity contribution >= 4 is 24.1 Å². The van der Waals surface area contributed by atoms with Gasteiger partial charge in [-0.15, -0.1) is 0 Å². The van der Waals surface area contributed by atoms with Crippen LogP contribution in [-0.2, 0) is 14.3 Å². The molecule has 2 unspecified atom stereocenters. The van der Waals surface area contributed by atoms with Gasteiger partial charge in [-0.2, -0.15) is 0 Å². The molecule has 1 aliphatic rings. The lowest BCUT2D eigenvalue weighted by Gasteiger charge is -2.38. The van der Waals surface area contributed by atoms with Gasteiger partial charge in [-0.25, -0.2) is 4.79 Å². The van der Waals surface area contributed by atoms with Crippen molar-refractivity contribution in [2.75, 3.05) is 13.2 Å². The van der Waals surface area contributed by atoms with Gasteiger partial charge >= 0.3 is 6.09 Å². The van der Waals surface area contributed by atoms with Crippen LogP contribution < -0.4 is 5.32 Å². The summed E-state index contributed by atoms with van der Waals surface area (Å²) in [5.41, 5.74) is 1.34. The molecule has 1 fully saturated rings. The van der Waals surface area contributed by atoms with Crippen molar-refractivity contribution in [3.63, 3.8) is 0 Å². The minimum absolute atomic E-state index is 0.0760. The van der Waals surface area contributed by atoms with Crippen molar-refractivity contribution in [3.05, 3.63) is 35.4 Å². The molecule has 1 aromatic carbocycles. The summed E-state index contributed by atoms with van der Waals surface area (Å²) in [6.07, 6.45) is 0.824. The fourth-order valence-corrected chi connectivity index (χ4v) is 3.21. The molecule has 0 radical (unpaired) electrons. The van der Waals surface area contributed by atoms with Gasteiger partial charge < -0.3 is 19.5 Å². The molecule has 2 rings (SSSR count). The van der Waals surface area contributed by atoms with E-state index in [1.807, 2.05) is 13.8 Å². The Bertz CT molecular complexity index is 732. The zero-order chi connectivity index (χ0) is 21.4. The number of rotatable bonds is 7. The molecule has 1 heterocycles. The maximum atomic E-state index is 12.4. The summed E-state index contributed by atoms with van der Waals surface area (Å²) in [7, 11) is 0. The lowest BCUT2D eigenvalue weighted by molar-refractivity contribution is -0.137. The second-order valence-electron chi connectivity index (χ2n) is 7.60. The molecule has 2 atom stereocenters. The SMILES string of the molecule is CC(C)COC(=O)NC(=N)c1ccc(C2CC(O)CCN2C(=O)CCC=O)cc1. The Morgan fingerprint density at radius 1 is 1.34 bits per heavy atom. The first kappa shape index (κ1) is 22.5. The van der Waals surface area contributed by atoms with E-state index in [0.717, 1.165) is 11.8 Å². The molecule has 3 N–H and O–H groups in total. The van der Waals surface area contributed by atoms with E-state index in [0.29, 0.717) is 24.9 Å². The van der Waals surface area contributed by atoms with Crippen LogP contribution in [0.25, 0.3) is 0 Å². The summed E-state index contributed by atoms with van der Waals surface area (Å²) in [5.74, 6) is 0.0190. The lowest BCUT2D eigenvalue weighted by atomic mass is 9.92. The minimum Gasteiger partial charge on any atom is -0.449 e. The summed E-state index contributed by atoms with van der Waals surface area (Å²) in [6, 6.07) is 6.66. The number of ether oxygens (including phenoxy) is 1. The van der Waals surface area contributed by atoms with Crippen molar-refractivity contribution in [1.82, 2.24) is 10.2 Å².